The first-order valence-corrected chi connectivity index (χ1v) is 6.09. The summed E-state index contributed by atoms with van der Waals surface area (Å²) in [5, 5.41) is 1.04. The van der Waals surface area contributed by atoms with Gasteiger partial charge in [0, 0.05) is 22.2 Å². The molecular formula is C14H14N2O2. The molecule has 0 saturated carbocycles. The lowest BCUT2D eigenvalue weighted by Crippen LogP contribution is -2.24. The Bertz CT molecular complexity index is 643. The van der Waals surface area contributed by atoms with Crippen molar-refractivity contribution in [2.24, 2.45) is 5.73 Å². The lowest BCUT2D eigenvalue weighted by Gasteiger charge is -2.19. The minimum absolute atomic E-state index is 0.221. The van der Waals surface area contributed by atoms with Crippen LogP contribution in [-0.2, 0) is 11.2 Å². The normalized spacial score (nSPS) is 18.6. The number of hydrogen-bond acceptors (Lipinski definition) is 2. The van der Waals surface area contributed by atoms with Crippen LogP contribution in [0.1, 0.15) is 40.4 Å². The van der Waals surface area contributed by atoms with Crippen LogP contribution in [0.2, 0.25) is 0 Å². The summed E-state index contributed by atoms with van der Waals surface area (Å²) in [7, 11) is 0. The summed E-state index contributed by atoms with van der Waals surface area (Å²) in [6.07, 6.45) is 3.53. The number of hydrogen-bond donors (Lipinski definition) is 2. The van der Waals surface area contributed by atoms with E-state index in [1.165, 1.54) is 0 Å². The van der Waals surface area contributed by atoms with Gasteiger partial charge in [-0.05, 0) is 43.0 Å². The molecule has 1 aromatic carbocycles. The molecule has 0 spiro atoms. The third kappa shape index (κ3) is 1.53. The number of carbonyl (C=O) groups excluding carboxylic acids is 2. The van der Waals surface area contributed by atoms with Crippen LogP contribution < -0.4 is 5.73 Å². The first-order chi connectivity index (χ1) is 8.70. The predicted molar refractivity (Wildman–Crippen MR) is 68.6 cm³/mol. The molecule has 1 heterocycles. The van der Waals surface area contributed by atoms with Gasteiger partial charge in [0.05, 0.1) is 5.92 Å². The number of aromatic amines is 1. The Kier molecular flexibility index (Phi) is 2.44. The van der Waals surface area contributed by atoms with Crippen molar-refractivity contribution in [2.75, 3.05) is 0 Å². The summed E-state index contributed by atoms with van der Waals surface area (Å²) >= 11 is 0. The Labute approximate surface area is 104 Å². The molecule has 3 rings (SSSR count). The van der Waals surface area contributed by atoms with Crippen molar-refractivity contribution in [1.82, 2.24) is 4.98 Å². The summed E-state index contributed by atoms with van der Waals surface area (Å²) in [5.74, 6) is -0.501. The van der Waals surface area contributed by atoms with Gasteiger partial charge in [-0.25, -0.2) is 0 Å². The Morgan fingerprint density at radius 1 is 1.44 bits per heavy atom. The van der Waals surface area contributed by atoms with Crippen LogP contribution in [0.25, 0.3) is 10.9 Å². The highest BCUT2D eigenvalue weighted by Crippen LogP contribution is 2.36. The zero-order chi connectivity index (χ0) is 12.7. The molecule has 0 radical (unpaired) electrons. The average molecular weight is 242 g/mol. The second kappa shape index (κ2) is 3.98. The molecule has 1 aromatic heterocycles. The number of rotatable bonds is 2. The molecule has 1 unspecified atom stereocenters. The third-order valence-corrected chi connectivity index (χ3v) is 3.71. The number of aryl methyl sites for hydroxylation is 1. The van der Waals surface area contributed by atoms with Gasteiger partial charge in [0.1, 0.15) is 6.29 Å². The minimum Gasteiger partial charge on any atom is -0.369 e. The lowest BCUT2D eigenvalue weighted by molar-refractivity contribution is -0.119. The lowest BCUT2D eigenvalue weighted by atomic mass is 9.86. The number of aromatic nitrogens is 1. The summed E-state index contributed by atoms with van der Waals surface area (Å²) in [5.41, 5.74) is 9.15. The molecule has 1 atom stereocenters. The van der Waals surface area contributed by atoms with E-state index in [2.05, 4.69) is 4.98 Å². The minimum atomic E-state index is -0.280. The van der Waals surface area contributed by atoms with E-state index in [0.29, 0.717) is 5.56 Å². The Morgan fingerprint density at radius 2 is 2.28 bits per heavy atom. The van der Waals surface area contributed by atoms with Gasteiger partial charge in [0.2, 0.25) is 5.91 Å². The van der Waals surface area contributed by atoms with Gasteiger partial charge in [-0.2, -0.15) is 0 Å². The van der Waals surface area contributed by atoms with Crippen molar-refractivity contribution >= 4 is 23.1 Å². The molecule has 1 aliphatic rings. The summed E-state index contributed by atoms with van der Waals surface area (Å²) in [6.45, 7) is 0. The maximum Gasteiger partial charge on any atom is 0.226 e. The Morgan fingerprint density at radius 3 is 3.00 bits per heavy atom. The third-order valence-electron chi connectivity index (χ3n) is 3.71. The number of fused-ring (bicyclic) bond motifs is 3. The Hall–Kier alpha value is -2.10. The number of benzene rings is 1. The number of amides is 1. The summed E-state index contributed by atoms with van der Waals surface area (Å²) < 4.78 is 0. The van der Waals surface area contributed by atoms with Gasteiger partial charge in [-0.15, -0.1) is 0 Å². The zero-order valence-corrected chi connectivity index (χ0v) is 9.90. The van der Waals surface area contributed by atoms with Crippen LogP contribution >= 0.6 is 0 Å². The molecular weight excluding hydrogens is 228 g/mol. The van der Waals surface area contributed by atoms with Crippen molar-refractivity contribution in [1.29, 1.82) is 0 Å². The monoisotopic (exact) mass is 242 g/mol. The van der Waals surface area contributed by atoms with E-state index < -0.39 is 0 Å². The molecule has 0 bridgehead atoms. The number of H-pyrrole nitrogens is 1. The fraction of sp³-hybridized carbons (Fsp3) is 0.286. The zero-order valence-electron chi connectivity index (χ0n) is 9.90. The molecule has 2 aromatic rings. The molecule has 18 heavy (non-hydrogen) atoms. The van der Waals surface area contributed by atoms with Crippen molar-refractivity contribution < 1.29 is 9.59 Å². The first-order valence-electron chi connectivity index (χ1n) is 6.09. The highest BCUT2D eigenvalue weighted by molar-refractivity contribution is 5.93. The van der Waals surface area contributed by atoms with Crippen LogP contribution in [0.3, 0.4) is 0 Å². The second-order valence-corrected chi connectivity index (χ2v) is 4.79. The largest absolute Gasteiger partial charge is 0.369 e. The van der Waals surface area contributed by atoms with E-state index in [1.807, 2.05) is 12.1 Å². The molecule has 1 aliphatic carbocycles. The number of nitrogens with two attached hydrogens (primary N) is 1. The van der Waals surface area contributed by atoms with Gasteiger partial charge in [-0.3, -0.25) is 9.59 Å². The quantitative estimate of drug-likeness (QED) is 0.789. The smallest absolute Gasteiger partial charge is 0.226 e. The molecule has 3 N–H and O–H groups in total. The number of carbonyl (C=O) groups is 2. The molecule has 0 saturated heterocycles. The van der Waals surface area contributed by atoms with Crippen LogP contribution in [0.15, 0.2) is 18.2 Å². The van der Waals surface area contributed by atoms with Crippen molar-refractivity contribution in [3.8, 4) is 0 Å². The molecule has 1 amide bonds. The SMILES string of the molecule is NC(=O)C1CCCc2c1[nH]c1ccc(C=O)cc21. The van der Waals surface area contributed by atoms with E-state index in [0.717, 1.165) is 47.7 Å². The maximum absolute atomic E-state index is 11.5. The molecule has 4 heteroatoms. The van der Waals surface area contributed by atoms with Crippen molar-refractivity contribution in [3.63, 3.8) is 0 Å². The van der Waals surface area contributed by atoms with Crippen LogP contribution in [0.5, 0.6) is 0 Å². The summed E-state index contributed by atoms with van der Waals surface area (Å²) in [4.78, 5) is 25.6. The van der Waals surface area contributed by atoms with Crippen molar-refractivity contribution in [2.45, 2.75) is 25.2 Å². The van der Waals surface area contributed by atoms with Gasteiger partial charge < -0.3 is 10.7 Å². The average Bonchev–Trinajstić information content (AvgIpc) is 2.75. The second-order valence-electron chi connectivity index (χ2n) is 4.79. The predicted octanol–water partition coefficient (Wildman–Crippen LogP) is 1.89. The number of nitrogens with one attached hydrogen (secondary N) is 1. The van der Waals surface area contributed by atoms with E-state index in [-0.39, 0.29) is 11.8 Å². The number of primary amides is 1. The highest BCUT2D eigenvalue weighted by Gasteiger charge is 2.27. The topological polar surface area (TPSA) is 76.0 Å². The van der Waals surface area contributed by atoms with Gasteiger partial charge in [0.25, 0.3) is 0 Å². The molecule has 0 fully saturated rings. The van der Waals surface area contributed by atoms with Gasteiger partial charge >= 0.3 is 0 Å². The molecule has 92 valence electrons. The van der Waals surface area contributed by atoms with Gasteiger partial charge in [-0.1, -0.05) is 0 Å². The van der Waals surface area contributed by atoms with Crippen molar-refractivity contribution in [3.05, 3.63) is 35.0 Å². The fourth-order valence-electron chi connectivity index (χ4n) is 2.84. The van der Waals surface area contributed by atoms with E-state index in [9.17, 15) is 9.59 Å². The Balaban J connectivity index is 2.24. The number of aldehydes is 1. The fourth-order valence-corrected chi connectivity index (χ4v) is 2.84. The van der Waals surface area contributed by atoms with Crippen LogP contribution in [0.4, 0.5) is 0 Å². The standard InChI is InChI=1S/C14H14N2O2/c15-14(18)10-3-1-2-9-11-6-8(7-17)4-5-12(11)16-13(9)10/h4-7,10,16H,1-3H2,(H2,15,18). The van der Waals surface area contributed by atoms with Crippen LogP contribution in [-0.4, -0.2) is 17.2 Å². The van der Waals surface area contributed by atoms with E-state index >= 15 is 0 Å². The summed E-state index contributed by atoms with van der Waals surface area (Å²) in [6, 6.07) is 5.53. The first kappa shape index (κ1) is 11.0. The maximum atomic E-state index is 11.5. The van der Waals surface area contributed by atoms with E-state index in [1.54, 1.807) is 6.07 Å². The molecule has 0 aliphatic heterocycles. The molecule has 4 nitrogen and oxygen atoms in total. The van der Waals surface area contributed by atoms with E-state index in [4.69, 9.17) is 5.73 Å². The van der Waals surface area contributed by atoms with Gasteiger partial charge in [0.15, 0.2) is 0 Å². The van der Waals surface area contributed by atoms with Crippen LogP contribution in [0, 0.1) is 0 Å². The highest BCUT2D eigenvalue weighted by atomic mass is 16.1.